The number of nitrogens with one attached hydrogen (secondary N) is 1. The molecule has 6 nitrogen and oxygen atoms in total. The van der Waals surface area contributed by atoms with Crippen LogP contribution < -0.4 is 14.4 Å². The molecular weight excluding hydrogens is 374 g/mol. The number of rotatable bonds is 5. The number of ether oxygens (including phenoxy) is 2. The normalized spacial score (nSPS) is 13.9. The summed E-state index contributed by atoms with van der Waals surface area (Å²) in [6, 6.07) is 15.1. The first-order valence-electron chi connectivity index (χ1n) is 8.63. The summed E-state index contributed by atoms with van der Waals surface area (Å²) in [4.78, 5) is 6.39. The van der Waals surface area contributed by atoms with Crippen molar-refractivity contribution in [1.29, 1.82) is 5.41 Å². The fourth-order valence-corrected chi connectivity index (χ4v) is 4.00. The predicted molar refractivity (Wildman–Crippen MR) is 112 cm³/mol. The Morgan fingerprint density at radius 2 is 1.79 bits per heavy atom. The first kappa shape index (κ1) is 18.1. The molecule has 0 unspecified atom stereocenters. The number of aliphatic hydroxyl groups is 1. The van der Waals surface area contributed by atoms with Crippen LogP contribution in [0.15, 0.2) is 59.7 Å². The van der Waals surface area contributed by atoms with E-state index in [2.05, 4.69) is 4.98 Å². The van der Waals surface area contributed by atoms with Gasteiger partial charge in [-0.05, 0) is 24.3 Å². The number of anilines is 1. The highest BCUT2D eigenvalue weighted by Gasteiger charge is 2.31. The van der Waals surface area contributed by atoms with Crippen LogP contribution in [0.4, 0.5) is 5.69 Å². The number of nitrogens with zero attached hydrogens (tertiary/aromatic N) is 2. The molecule has 142 valence electrons. The van der Waals surface area contributed by atoms with Gasteiger partial charge in [0.2, 0.25) is 0 Å². The first-order chi connectivity index (χ1) is 13.6. The molecule has 0 saturated carbocycles. The van der Waals surface area contributed by atoms with Crippen molar-refractivity contribution in [2.24, 2.45) is 0 Å². The molecule has 3 aromatic rings. The van der Waals surface area contributed by atoms with Gasteiger partial charge in [0.25, 0.3) is 0 Å². The van der Waals surface area contributed by atoms with Gasteiger partial charge < -0.3 is 19.5 Å². The van der Waals surface area contributed by atoms with Gasteiger partial charge >= 0.3 is 0 Å². The zero-order valence-corrected chi connectivity index (χ0v) is 16.3. The average molecular weight is 393 g/mol. The van der Waals surface area contributed by atoms with E-state index in [9.17, 15) is 5.11 Å². The molecule has 7 heteroatoms. The Kier molecular flexibility index (Phi) is 4.75. The lowest BCUT2D eigenvalue weighted by atomic mass is 10.1. The highest BCUT2D eigenvalue weighted by Crippen LogP contribution is 2.35. The van der Waals surface area contributed by atoms with E-state index in [0.29, 0.717) is 16.3 Å². The van der Waals surface area contributed by atoms with E-state index in [1.165, 1.54) is 11.3 Å². The van der Waals surface area contributed by atoms with Gasteiger partial charge in [0.05, 0.1) is 32.0 Å². The molecule has 1 aliphatic rings. The summed E-state index contributed by atoms with van der Waals surface area (Å²) in [5.41, 5.74) is 2.96. The Morgan fingerprint density at radius 3 is 2.54 bits per heavy atom. The summed E-state index contributed by atoms with van der Waals surface area (Å²) in [5.74, 6) is 1.82. The maximum atomic E-state index is 10.5. The molecule has 0 atom stereocenters. The lowest BCUT2D eigenvalue weighted by Gasteiger charge is -2.19. The molecule has 0 amide bonds. The maximum Gasteiger partial charge on any atom is 0.139 e. The Morgan fingerprint density at radius 1 is 1.07 bits per heavy atom. The van der Waals surface area contributed by atoms with Gasteiger partial charge in [0.15, 0.2) is 0 Å². The molecule has 2 N–H and O–H groups in total. The Balaban J connectivity index is 1.63. The Bertz CT molecular complexity index is 1070. The Hall–Kier alpha value is -3.32. The van der Waals surface area contributed by atoms with Gasteiger partial charge in [-0.15, -0.1) is 11.3 Å². The van der Waals surface area contributed by atoms with Crippen molar-refractivity contribution in [1.82, 2.24) is 4.98 Å². The van der Waals surface area contributed by atoms with Crippen molar-refractivity contribution in [3.8, 4) is 22.8 Å². The molecule has 28 heavy (non-hydrogen) atoms. The van der Waals surface area contributed by atoms with Crippen LogP contribution in [-0.4, -0.2) is 36.7 Å². The molecule has 0 bridgehead atoms. The minimum absolute atomic E-state index is 0.138. The van der Waals surface area contributed by atoms with E-state index in [0.717, 1.165) is 22.7 Å². The molecule has 2 aromatic carbocycles. The SMILES string of the molecule is COc1cccc(-c2csc(C3=C(O)CN(c4cccc(OC)c4)C3=N)n2)c1. The van der Waals surface area contributed by atoms with Gasteiger partial charge in [0, 0.05) is 22.7 Å². The number of aliphatic hydroxyl groups excluding tert-OH is 1. The molecular formula is C21H19N3O3S. The van der Waals surface area contributed by atoms with Crippen LogP contribution in [0.5, 0.6) is 11.5 Å². The third-order valence-electron chi connectivity index (χ3n) is 4.55. The number of hydrogen-bond acceptors (Lipinski definition) is 6. The number of methoxy groups -OCH3 is 2. The summed E-state index contributed by atoms with van der Waals surface area (Å²) in [7, 11) is 3.23. The highest BCUT2D eigenvalue weighted by atomic mass is 32.1. The van der Waals surface area contributed by atoms with E-state index in [1.54, 1.807) is 19.1 Å². The standard InChI is InChI=1S/C21H19N3O3S/c1-26-15-7-3-5-13(9-15)17-12-28-21(23-17)19-18(25)11-24(20(19)22)14-6-4-8-16(10-14)27-2/h3-10,12,22,25H,11H2,1-2H3. The van der Waals surface area contributed by atoms with Crippen molar-refractivity contribution < 1.29 is 14.6 Å². The molecule has 4 rings (SSSR count). The molecule has 1 aliphatic heterocycles. The first-order valence-corrected chi connectivity index (χ1v) is 9.51. The number of amidine groups is 1. The smallest absolute Gasteiger partial charge is 0.139 e. The minimum atomic E-state index is 0.138. The van der Waals surface area contributed by atoms with E-state index in [-0.39, 0.29) is 18.1 Å². The minimum Gasteiger partial charge on any atom is -0.510 e. The number of hydrogen-bond donors (Lipinski definition) is 2. The summed E-state index contributed by atoms with van der Waals surface area (Å²) >= 11 is 1.41. The van der Waals surface area contributed by atoms with Gasteiger partial charge in [0.1, 0.15) is 28.1 Å². The second-order valence-electron chi connectivity index (χ2n) is 6.23. The highest BCUT2D eigenvalue weighted by molar-refractivity contribution is 7.11. The van der Waals surface area contributed by atoms with E-state index >= 15 is 0 Å². The average Bonchev–Trinajstić information content (AvgIpc) is 3.32. The number of thiazole rings is 1. The quantitative estimate of drug-likeness (QED) is 0.663. The fraction of sp³-hybridized carbons (Fsp3) is 0.143. The molecule has 2 heterocycles. The molecule has 1 aromatic heterocycles. The largest absolute Gasteiger partial charge is 0.510 e. The monoisotopic (exact) mass is 393 g/mol. The van der Waals surface area contributed by atoms with Crippen molar-refractivity contribution in [2.45, 2.75) is 0 Å². The maximum absolute atomic E-state index is 10.5. The van der Waals surface area contributed by atoms with Crippen molar-refractivity contribution in [3.63, 3.8) is 0 Å². The van der Waals surface area contributed by atoms with Crippen molar-refractivity contribution >= 4 is 28.4 Å². The number of benzene rings is 2. The van der Waals surface area contributed by atoms with Crippen LogP contribution in [-0.2, 0) is 0 Å². The van der Waals surface area contributed by atoms with Gasteiger partial charge in [-0.1, -0.05) is 18.2 Å². The molecule has 0 fully saturated rings. The van der Waals surface area contributed by atoms with Crippen LogP contribution in [0.3, 0.4) is 0 Å². The van der Waals surface area contributed by atoms with Crippen LogP contribution >= 0.6 is 11.3 Å². The Labute approximate surface area is 166 Å². The second kappa shape index (κ2) is 7.36. The van der Waals surface area contributed by atoms with Crippen LogP contribution in [0.25, 0.3) is 16.8 Å². The van der Waals surface area contributed by atoms with Gasteiger partial charge in [-0.25, -0.2) is 4.98 Å². The lowest BCUT2D eigenvalue weighted by Crippen LogP contribution is -2.25. The zero-order valence-electron chi connectivity index (χ0n) is 15.5. The molecule has 0 aliphatic carbocycles. The van der Waals surface area contributed by atoms with Gasteiger partial charge in [-0.3, -0.25) is 5.41 Å². The summed E-state index contributed by atoms with van der Waals surface area (Å²) in [6.45, 7) is 0.232. The van der Waals surface area contributed by atoms with Gasteiger partial charge in [-0.2, -0.15) is 0 Å². The second-order valence-corrected chi connectivity index (χ2v) is 7.09. The summed E-state index contributed by atoms with van der Waals surface area (Å²) < 4.78 is 10.5. The zero-order chi connectivity index (χ0) is 19.7. The third-order valence-corrected chi connectivity index (χ3v) is 5.41. The molecule has 0 saturated heterocycles. The fourth-order valence-electron chi connectivity index (χ4n) is 3.11. The van der Waals surface area contributed by atoms with E-state index < -0.39 is 0 Å². The third kappa shape index (κ3) is 3.20. The topological polar surface area (TPSA) is 78.7 Å². The number of aromatic nitrogens is 1. The molecule has 0 radical (unpaired) electrons. The van der Waals surface area contributed by atoms with Crippen LogP contribution in [0, 0.1) is 5.41 Å². The van der Waals surface area contributed by atoms with Crippen molar-refractivity contribution in [2.75, 3.05) is 25.7 Å². The summed E-state index contributed by atoms with van der Waals surface area (Å²) in [5, 5.41) is 21.7. The van der Waals surface area contributed by atoms with Crippen LogP contribution in [0.2, 0.25) is 0 Å². The summed E-state index contributed by atoms with van der Waals surface area (Å²) in [6.07, 6.45) is 0. The van der Waals surface area contributed by atoms with E-state index in [1.807, 2.05) is 53.9 Å². The predicted octanol–water partition coefficient (Wildman–Crippen LogP) is 4.59. The van der Waals surface area contributed by atoms with E-state index in [4.69, 9.17) is 14.9 Å². The lowest BCUT2D eigenvalue weighted by molar-refractivity contribution is 0.410. The van der Waals surface area contributed by atoms with Crippen LogP contribution in [0.1, 0.15) is 5.01 Å². The van der Waals surface area contributed by atoms with Crippen molar-refractivity contribution in [3.05, 3.63) is 64.7 Å². The molecule has 0 spiro atoms.